The average molecular weight is 377 g/mol. The van der Waals surface area contributed by atoms with Crippen LogP contribution in [0.15, 0.2) is 40.3 Å². The molecule has 2 aromatic rings. The minimum Gasteiger partial charge on any atom is -0.497 e. The Morgan fingerprint density at radius 3 is 2.62 bits per heavy atom. The summed E-state index contributed by atoms with van der Waals surface area (Å²) in [7, 11) is 2.85. The van der Waals surface area contributed by atoms with Gasteiger partial charge in [-0.3, -0.25) is 14.4 Å². The van der Waals surface area contributed by atoms with Gasteiger partial charge in [0.05, 0.1) is 32.1 Å². The first-order valence-corrected chi connectivity index (χ1v) is 8.68. The molecule has 0 saturated carbocycles. The molecule has 0 unspecified atom stereocenters. The number of methoxy groups -OCH3 is 2. The van der Waals surface area contributed by atoms with Crippen molar-refractivity contribution in [2.75, 3.05) is 20.0 Å². The Labute approximate surface area is 154 Å². The number of benzene rings is 1. The Morgan fingerprint density at radius 1 is 1.23 bits per heavy atom. The van der Waals surface area contributed by atoms with E-state index in [-0.39, 0.29) is 28.8 Å². The third kappa shape index (κ3) is 6.25. The van der Waals surface area contributed by atoms with Crippen molar-refractivity contribution >= 4 is 23.6 Å². The van der Waals surface area contributed by atoms with Gasteiger partial charge in [0.25, 0.3) is 5.56 Å². The number of carbonyl (C=O) groups excluding carboxylic acids is 2. The van der Waals surface area contributed by atoms with Gasteiger partial charge in [0.2, 0.25) is 5.91 Å². The first kappa shape index (κ1) is 19.5. The van der Waals surface area contributed by atoms with Crippen molar-refractivity contribution in [2.24, 2.45) is 0 Å². The highest BCUT2D eigenvalue weighted by Crippen LogP contribution is 2.13. The molecule has 0 fully saturated rings. The maximum atomic E-state index is 12.0. The number of nitrogens with zero attached hydrogens (tertiary/aromatic N) is 1. The minimum atomic E-state index is -0.490. The molecular formula is C17H19N3O5S. The van der Waals surface area contributed by atoms with Crippen molar-refractivity contribution in [2.45, 2.75) is 18.1 Å². The van der Waals surface area contributed by atoms with Gasteiger partial charge in [-0.25, -0.2) is 4.98 Å². The molecule has 138 valence electrons. The van der Waals surface area contributed by atoms with Crippen molar-refractivity contribution in [3.63, 3.8) is 0 Å². The highest BCUT2D eigenvalue weighted by atomic mass is 32.2. The van der Waals surface area contributed by atoms with E-state index in [1.165, 1.54) is 13.2 Å². The van der Waals surface area contributed by atoms with E-state index in [9.17, 15) is 14.4 Å². The second-order valence-electron chi connectivity index (χ2n) is 5.21. The predicted octanol–water partition coefficient (Wildman–Crippen LogP) is 0.902. The number of amides is 1. The molecule has 0 atom stereocenters. The van der Waals surface area contributed by atoms with E-state index in [2.05, 4.69) is 20.0 Å². The van der Waals surface area contributed by atoms with Gasteiger partial charge in [0, 0.05) is 12.6 Å². The number of hydrogen-bond acceptors (Lipinski definition) is 7. The van der Waals surface area contributed by atoms with Crippen LogP contribution in [0.3, 0.4) is 0 Å². The van der Waals surface area contributed by atoms with Crippen LogP contribution < -0.4 is 15.6 Å². The largest absolute Gasteiger partial charge is 0.497 e. The lowest BCUT2D eigenvalue weighted by Crippen LogP contribution is -2.25. The number of esters is 1. The number of ether oxygens (including phenoxy) is 2. The summed E-state index contributed by atoms with van der Waals surface area (Å²) in [5, 5.41) is 3.06. The molecule has 1 amide bonds. The van der Waals surface area contributed by atoms with Crippen LogP contribution in [0, 0.1) is 0 Å². The van der Waals surface area contributed by atoms with Gasteiger partial charge in [-0.05, 0) is 17.7 Å². The lowest BCUT2D eigenvalue weighted by Gasteiger charge is -2.07. The van der Waals surface area contributed by atoms with Crippen molar-refractivity contribution in [1.29, 1.82) is 0 Å². The van der Waals surface area contributed by atoms with Crippen molar-refractivity contribution < 1.29 is 19.1 Å². The van der Waals surface area contributed by atoms with Crippen LogP contribution in [-0.4, -0.2) is 41.8 Å². The summed E-state index contributed by atoms with van der Waals surface area (Å²) in [6.45, 7) is 0.385. The Morgan fingerprint density at radius 2 is 1.96 bits per heavy atom. The lowest BCUT2D eigenvalue weighted by atomic mass is 10.2. The molecule has 0 aliphatic carbocycles. The molecule has 0 aliphatic heterocycles. The van der Waals surface area contributed by atoms with Gasteiger partial charge in [-0.2, -0.15) is 0 Å². The number of aromatic nitrogens is 2. The third-order valence-electron chi connectivity index (χ3n) is 3.31. The quantitative estimate of drug-likeness (QED) is 0.399. The summed E-state index contributed by atoms with van der Waals surface area (Å²) >= 11 is 1.08. The maximum Gasteiger partial charge on any atom is 0.311 e. The molecule has 0 radical (unpaired) electrons. The van der Waals surface area contributed by atoms with E-state index >= 15 is 0 Å². The number of hydrogen-bond donors (Lipinski definition) is 2. The van der Waals surface area contributed by atoms with Crippen LogP contribution in [-0.2, 0) is 27.3 Å². The number of carbonyl (C=O) groups is 2. The Hall–Kier alpha value is -2.81. The van der Waals surface area contributed by atoms with E-state index in [1.807, 2.05) is 24.3 Å². The topological polar surface area (TPSA) is 110 Å². The number of nitrogens with one attached hydrogen (secondary N) is 2. The predicted molar refractivity (Wildman–Crippen MR) is 96.1 cm³/mol. The summed E-state index contributed by atoms with van der Waals surface area (Å²) in [4.78, 5) is 41.5. The molecule has 0 bridgehead atoms. The fourth-order valence-corrected chi connectivity index (χ4v) is 2.72. The summed E-state index contributed by atoms with van der Waals surface area (Å²) in [6, 6.07) is 8.59. The molecule has 8 nitrogen and oxygen atoms in total. The van der Waals surface area contributed by atoms with E-state index in [0.717, 1.165) is 23.1 Å². The summed E-state index contributed by atoms with van der Waals surface area (Å²) < 4.78 is 9.63. The van der Waals surface area contributed by atoms with E-state index in [0.29, 0.717) is 12.2 Å². The van der Waals surface area contributed by atoms with Gasteiger partial charge in [0.1, 0.15) is 5.75 Å². The van der Waals surface area contributed by atoms with Gasteiger partial charge >= 0.3 is 5.97 Å². The Balaban J connectivity index is 1.86. The summed E-state index contributed by atoms with van der Waals surface area (Å²) in [6.07, 6.45) is -0.0996. The summed E-state index contributed by atoms with van der Waals surface area (Å²) in [5.41, 5.74) is 0.845. The standard InChI is InChI=1S/C17H19N3O5S/c1-24-13-5-3-11(4-6-13)9-18-15(22)10-26-17-19-12(7-14(21)20-17)8-16(23)25-2/h3-7H,8-10H2,1-2H3,(H,18,22)(H,19,20,21). The lowest BCUT2D eigenvalue weighted by molar-refractivity contribution is -0.139. The van der Waals surface area contributed by atoms with E-state index in [4.69, 9.17) is 4.74 Å². The molecule has 0 aliphatic rings. The zero-order valence-electron chi connectivity index (χ0n) is 14.4. The number of thioether (sulfide) groups is 1. The SMILES string of the molecule is COC(=O)Cc1cc(=O)[nH]c(SCC(=O)NCc2ccc(OC)cc2)n1. The van der Waals surface area contributed by atoms with Crippen LogP contribution in [0.1, 0.15) is 11.3 Å². The first-order chi connectivity index (χ1) is 12.5. The van der Waals surface area contributed by atoms with Crippen LogP contribution in [0.2, 0.25) is 0 Å². The zero-order chi connectivity index (χ0) is 18.9. The molecular weight excluding hydrogens is 358 g/mol. The fraction of sp³-hybridized carbons (Fsp3) is 0.294. The van der Waals surface area contributed by atoms with Gasteiger partial charge < -0.3 is 19.8 Å². The second kappa shape index (κ2) is 9.62. The molecule has 1 aromatic carbocycles. The third-order valence-corrected chi connectivity index (χ3v) is 4.19. The molecule has 0 saturated heterocycles. The maximum absolute atomic E-state index is 12.0. The number of H-pyrrole nitrogens is 1. The normalized spacial score (nSPS) is 10.2. The molecule has 1 aromatic heterocycles. The number of rotatable bonds is 8. The van der Waals surface area contributed by atoms with Crippen LogP contribution in [0.5, 0.6) is 5.75 Å². The molecule has 2 rings (SSSR count). The minimum absolute atomic E-state index is 0.0841. The van der Waals surface area contributed by atoms with Crippen molar-refractivity contribution in [3.05, 3.63) is 51.9 Å². The second-order valence-corrected chi connectivity index (χ2v) is 6.17. The van der Waals surface area contributed by atoms with Crippen LogP contribution in [0.25, 0.3) is 0 Å². The highest BCUT2D eigenvalue weighted by molar-refractivity contribution is 7.99. The Kier molecular flexibility index (Phi) is 7.22. The van der Waals surface area contributed by atoms with Gasteiger partial charge in [0.15, 0.2) is 5.16 Å². The van der Waals surface area contributed by atoms with E-state index in [1.54, 1.807) is 7.11 Å². The summed E-state index contributed by atoms with van der Waals surface area (Å²) in [5.74, 6) is 0.140. The number of aromatic amines is 1. The van der Waals surface area contributed by atoms with Crippen LogP contribution in [0.4, 0.5) is 0 Å². The molecule has 2 N–H and O–H groups in total. The fourth-order valence-electron chi connectivity index (χ4n) is 1.99. The molecule has 9 heteroatoms. The molecule has 1 heterocycles. The first-order valence-electron chi connectivity index (χ1n) is 7.69. The van der Waals surface area contributed by atoms with Gasteiger partial charge in [-0.15, -0.1) is 0 Å². The molecule has 26 heavy (non-hydrogen) atoms. The van der Waals surface area contributed by atoms with Gasteiger partial charge in [-0.1, -0.05) is 23.9 Å². The van der Waals surface area contributed by atoms with Crippen LogP contribution >= 0.6 is 11.8 Å². The van der Waals surface area contributed by atoms with Crippen molar-refractivity contribution in [1.82, 2.24) is 15.3 Å². The zero-order valence-corrected chi connectivity index (χ0v) is 15.2. The highest BCUT2D eigenvalue weighted by Gasteiger charge is 2.09. The Bertz CT molecular complexity index is 820. The van der Waals surface area contributed by atoms with Crippen molar-refractivity contribution in [3.8, 4) is 5.75 Å². The average Bonchev–Trinajstić information content (AvgIpc) is 2.64. The monoisotopic (exact) mass is 377 g/mol. The molecule has 0 spiro atoms. The smallest absolute Gasteiger partial charge is 0.311 e. The van der Waals surface area contributed by atoms with E-state index < -0.39 is 5.97 Å².